The molecule has 1 fully saturated rings. The van der Waals surface area contributed by atoms with E-state index in [9.17, 15) is 9.90 Å². The predicted molar refractivity (Wildman–Crippen MR) is 89.1 cm³/mol. The van der Waals surface area contributed by atoms with Crippen molar-refractivity contribution in [2.75, 3.05) is 26.3 Å². The van der Waals surface area contributed by atoms with Crippen molar-refractivity contribution in [2.24, 2.45) is 0 Å². The molecule has 0 aromatic heterocycles. The van der Waals surface area contributed by atoms with Gasteiger partial charge in [-0.05, 0) is 22.8 Å². The molecule has 2 aromatic carbocycles. The Kier molecular flexibility index (Phi) is 3.96. The number of ether oxygens (including phenoxy) is 2. The zero-order valence-corrected chi connectivity index (χ0v) is 13.3. The topological polar surface area (TPSA) is 59.0 Å². The van der Waals surface area contributed by atoms with E-state index in [1.807, 2.05) is 24.3 Å². The van der Waals surface area contributed by atoms with E-state index in [-0.39, 0.29) is 18.8 Å². The van der Waals surface area contributed by atoms with Crippen molar-refractivity contribution < 1.29 is 19.4 Å². The van der Waals surface area contributed by atoms with Gasteiger partial charge in [-0.2, -0.15) is 0 Å². The molecule has 1 saturated heterocycles. The Morgan fingerprint density at radius 1 is 1.21 bits per heavy atom. The number of carbonyl (C=O) groups is 1. The summed E-state index contributed by atoms with van der Waals surface area (Å²) in [6, 6.07) is 14.1. The van der Waals surface area contributed by atoms with Crippen LogP contribution in [0.1, 0.15) is 11.1 Å². The summed E-state index contributed by atoms with van der Waals surface area (Å²) in [6.07, 6.45) is 0.0512. The number of aliphatic hydroxyl groups is 1. The second-order valence-electron chi connectivity index (χ2n) is 6.11. The molecule has 1 unspecified atom stereocenters. The first kappa shape index (κ1) is 15.2. The van der Waals surface area contributed by atoms with Crippen LogP contribution in [0.4, 0.5) is 4.79 Å². The van der Waals surface area contributed by atoms with Gasteiger partial charge in [0, 0.05) is 18.5 Å². The fourth-order valence-corrected chi connectivity index (χ4v) is 3.38. The standard InChI is InChI=1S/C19H19NO4/c21-12-14-11-20(8-9-23-14)19(22)24-18-7-3-6-16-15-5-2-1-4-13(15)10-17(16)18/h1-7,14,21H,8-12H2. The summed E-state index contributed by atoms with van der Waals surface area (Å²) < 4.78 is 11.0. The number of rotatable bonds is 2. The van der Waals surface area contributed by atoms with Gasteiger partial charge in [0.2, 0.25) is 0 Å². The molecule has 1 aliphatic carbocycles. The molecular weight excluding hydrogens is 306 g/mol. The maximum absolute atomic E-state index is 12.5. The number of nitrogens with zero attached hydrogens (tertiary/aromatic N) is 1. The number of hydrogen-bond acceptors (Lipinski definition) is 4. The normalized spacial score (nSPS) is 18.9. The maximum Gasteiger partial charge on any atom is 0.415 e. The van der Waals surface area contributed by atoms with Gasteiger partial charge in [-0.3, -0.25) is 0 Å². The van der Waals surface area contributed by atoms with Crippen LogP contribution >= 0.6 is 0 Å². The van der Waals surface area contributed by atoms with E-state index in [4.69, 9.17) is 9.47 Å². The minimum atomic E-state index is -0.388. The predicted octanol–water partition coefficient (Wildman–Crippen LogP) is 2.45. The van der Waals surface area contributed by atoms with Gasteiger partial charge >= 0.3 is 6.09 Å². The zero-order valence-electron chi connectivity index (χ0n) is 13.3. The van der Waals surface area contributed by atoms with Gasteiger partial charge in [0.25, 0.3) is 0 Å². The molecule has 0 radical (unpaired) electrons. The van der Waals surface area contributed by atoms with Crippen LogP contribution in [0, 0.1) is 0 Å². The summed E-state index contributed by atoms with van der Waals surface area (Å²) in [5.74, 6) is 0.612. The number of carbonyl (C=O) groups excluding carboxylic acids is 1. The van der Waals surface area contributed by atoms with Gasteiger partial charge in [0.05, 0.1) is 25.9 Å². The molecule has 1 atom stereocenters. The van der Waals surface area contributed by atoms with Crippen molar-refractivity contribution >= 4 is 6.09 Å². The lowest BCUT2D eigenvalue weighted by Gasteiger charge is -2.31. The SMILES string of the molecule is O=C(Oc1cccc2c1Cc1ccccc1-2)N1CCOC(CO)C1. The highest BCUT2D eigenvalue weighted by Crippen LogP contribution is 2.41. The van der Waals surface area contributed by atoms with Crippen molar-refractivity contribution in [3.05, 3.63) is 53.6 Å². The maximum atomic E-state index is 12.5. The number of amides is 1. The molecule has 24 heavy (non-hydrogen) atoms. The molecule has 5 nitrogen and oxygen atoms in total. The lowest BCUT2D eigenvalue weighted by atomic mass is 10.1. The molecule has 1 N–H and O–H groups in total. The molecule has 2 aromatic rings. The Morgan fingerprint density at radius 3 is 2.92 bits per heavy atom. The van der Waals surface area contributed by atoms with Gasteiger partial charge in [-0.25, -0.2) is 4.79 Å². The summed E-state index contributed by atoms with van der Waals surface area (Å²) in [5.41, 5.74) is 4.64. The fraction of sp³-hybridized carbons (Fsp3) is 0.316. The van der Waals surface area contributed by atoms with Gasteiger partial charge in [0.1, 0.15) is 5.75 Å². The molecule has 0 spiro atoms. The van der Waals surface area contributed by atoms with E-state index in [2.05, 4.69) is 18.2 Å². The third-order valence-corrected chi connectivity index (χ3v) is 4.61. The van der Waals surface area contributed by atoms with Crippen LogP contribution < -0.4 is 4.74 Å². The number of aliphatic hydroxyl groups excluding tert-OH is 1. The highest BCUT2D eigenvalue weighted by molar-refractivity contribution is 5.80. The van der Waals surface area contributed by atoms with E-state index in [0.29, 0.717) is 25.4 Å². The first-order valence-corrected chi connectivity index (χ1v) is 8.15. The summed E-state index contributed by atoms with van der Waals surface area (Å²) in [4.78, 5) is 14.1. The van der Waals surface area contributed by atoms with Gasteiger partial charge in [-0.1, -0.05) is 36.4 Å². The molecule has 4 rings (SSSR count). The van der Waals surface area contributed by atoms with Crippen molar-refractivity contribution in [2.45, 2.75) is 12.5 Å². The molecular formula is C19H19NO4. The van der Waals surface area contributed by atoms with Crippen LogP contribution in [0.25, 0.3) is 11.1 Å². The van der Waals surface area contributed by atoms with Gasteiger partial charge < -0.3 is 19.5 Å². The molecule has 5 heteroatoms. The monoisotopic (exact) mass is 325 g/mol. The van der Waals surface area contributed by atoms with E-state index < -0.39 is 0 Å². The van der Waals surface area contributed by atoms with E-state index in [0.717, 1.165) is 17.5 Å². The summed E-state index contributed by atoms with van der Waals surface area (Å²) in [5, 5.41) is 9.20. The zero-order chi connectivity index (χ0) is 16.5. The van der Waals surface area contributed by atoms with Gasteiger partial charge in [-0.15, -0.1) is 0 Å². The van der Waals surface area contributed by atoms with E-state index >= 15 is 0 Å². The molecule has 0 saturated carbocycles. The van der Waals surface area contributed by atoms with Gasteiger partial charge in [0.15, 0.2) is 0 Å². The van der Waals surface area contributed by atoms with Crippen LogP contribution in [0.15, 0.2) is 42.5 Å². The first-order valence-electron chi connectivity index (χ1n) is 8.15. The average molecular weight is 325 g/mol. The molecule has 0 bridgehead atoms. The Morgan fingerprint density at radius 2 is 2.04 bits per heavy atom. The van der Waals surface area contributed by atoms with Crippen LogP contribution in [-0.4, -0.2) is 48.5 Å². The van der Waals surface area contributed by atoms with Crippen LogP contribution in [0.3, 0.4) is 0 Å². The fourth-order valence-electron chi connectivity index (χ4n) is 3.38. The Hall–Kier alpha value is -2.37. The lowest BCUT2D eigenvalue weighted by Crippen LogP contribution is -2.48. The van der Waals surface area contributed by atoms with Crippen molar-refractivity contribution in [3.8, 4) is 16.9 Å². The lowest BCUT2D eigenvalue weighted by molar-refractivity contribution is -0.0449. The number of hydrogen-bond donors (Lipinski definition) is 1. The van der Waals surface area contributed by atoms with Crippen molar-refractivity contribution in [1.29, 1.82) is 0 Å². The quantitative estimate of drug-likeness (QED) is 0.786. The summed E-state index contributed by atoms with van der Waals surface area (Å²) >= 11 is 0. The first-order chi connectivity index (χ1) is 11.8. The molecule has 1 aliphatic heterocycles. The average Bonchev–Trinajstić information content (AvgIpc) is 3.01. The number of fused-ring (bicyclic) bond motifs is 3. The van der Waals surface area contributed by atoms with Crippen LogP contribution in [0.5, 0.6) is 5.75 Å². The summed E-state index contributed by atoms with van der Waals surface area (Å²) in [6.45, 7) is 1.15. The second kappa shape index (κ2) is 6.26. The molecule has 1 heterocycles. The van der Waals surface area contributed by atoms with Crippen LogP contribution in [0.2, 0.25) is 0 Å². The highest BCUT2D eigenvalue weighted by Gasteiger charge is 2.27. The third kappa shape index (κ3) is 2.66. The Labute approximate surface area is 140 Å². The summed E-state index contributed by atoms with van der Waals surface area (Å²) in [7, 11) is 0. The molecule has 124 valence electrons. The van der Waals surface area contributed by atoms with Crippen molar-refractivity contribution in [3.63, 3.8) is 0 Å². The van der Waals surface area contributed by atoms with E-state index in [1.165, 1.54) is 11.1 Å². The number of benzene rings is 2. The van der Waals surface area contributed by atoms with E-state index in [1.54, 1.807) is 4.90 Å². The largest absolute Gasteiger partial charge is 0.415 e. The second-order valence-corrected chi connectivity index (χ2v) is 6.11. The van der Waals surface area contributed by atoms with Crippen molar-refractivity contribution in [1.82, 2.24) is 4.90 Å². The Bertz CT molecular complexity index is 774. The highest BCUT2D eigenvalue weighted by atomic mass is 16.6. The smallest absolute Gasteiger partial charge is 0.410 e. The molecule has 2 aliphatic rings. The van der Waals surface area contributed by atoms with Crippen LogP contribution in [-0.2, 0) is 11.2 Å². The number of morpholine rings is 1. The molecule has 1 amide bonds. The third-order valence-electron chi connectivity index (χ3n) is 4.61. The Balaban J connectivity index is 1.55. The minimum Gasteiger partial charge on any atom is -0.410 e. The minimum absolute atomic E-state index is 0.0974.